The summed E-state index contributed by atoms with van der Waals surface area (Å²) in [6, 6.07) is 6.16. The highest BCUT2D eigenvalue weighted by Crippen LogP contribution is 2.28. The maximum atomic E-state index is 13.1. The van der Waals surface area contributed by atoms with Gasteiger partial charge in [0, 0.05) is 25.6 Å². The van der Waals surface area contributed by atoms with E-state index in [0.717, 1.165) is 5.56 Å². The van der Waals surface area contributed by atoms with Crippen molar-refractivity contribution in [1.82, 2.24) is 9.21 Å². The zero-order valence-electron chi connectivity index (χ0n) is 15.1. The van der Waals surface area contributed by atoms with Crippen LogP contribution in [0.15, 0.2) is 24.3 Å². The number of piperidine rings is 1. The lowest BCUT2D eigenvalue weighted by molar-refractivity contribution is -0.150. The molecule has 2 fully saturated rings. The van der Waals surface area contributed by atoms with E-state index in [9.17, 15) is 17.6 Å². The van der Waals surface area contributed by atoms with Crippen LogP contribution in [-0.4, -0.2) is 62.1 Å². The third-order valence-electron chi connectivity index (χ3n) is 5.09. The van der Waals surface area contributed by atoms with Gasteiger partial charge >= 0.3 is 0 Å². The van der Waals surface area contributed by atoms with Crippen molar-refractivity contribution in [3.05, 3.63) is 35.6 Å². The Morgan fingerprint density at radius 3 is 2.35 bits per heavy atom. The minimum Gasteiger partial charge on any atom is -0.367 e. The van der Waals surface area contributed by atoms with Crippen LogP contribution in [0.5, 0.6) is 0 Å². The van der Waals surface area contributed by atoms with E-state index in [1.807, 2.05) is 11.8 Å². The molecule has 26 heavy (non-hydrogen) atoms. The number of benzene rings is 1. The van der Waals surface area contributed by atoms with Gasteiger partial charge in [-0.25, -0.2) is 17.1 Å². The third kappa shape index (κ3) is 4.42. The lowest BCUT2D eigenvalue weighted by Crippen LogP contribution is -2.50. The number of hydrogen-bond acceptors (Lipinski definition) is 4. The van der Waals surface area contributed by atoms with Crippen molar-refractivity contribution >= 4 is 15.9 Å². The summed E-state index contributed by atoms with van der Waals surface area (Å²) < 4.78 is 43.7. The van der Waals surface area contributed by atoms with E-state index in [1.165, 1.54) is 22.7 Å². The number of amides is 1. The fraction of sp³-hybridized carbons (Fsp3) is 0.611. The number of halogens is 1. The molecule has 1 aromatic rings. The van der Waals surface area contributed by atoms with Crippen LogP contribution in [0.3, 0.4) is 0 Å². The molecule has 6 nitrogen and oxygen atoms in total. The monoisotopic (exact) mass is 384 g/mol. The van der Waals surface area contributed by atoms with Crippen molar-refractivity contribution < 1.29 is 22.3 Å². The van der Waals surface area contributed by atoms with Gasteiger partial charge in [0.1, 0.15) is 11.9 Å². The second-order valence-corrected chi connectivity index (χ2v) is 9.15. The molecule has 0 saturated carbocycles. The molecule has 144 valence electrons. The van der Waals surface area contributed by atoms with Crippen molar-refractivity contribution in [2.45, 2.75) is 32.0 Å². The lowest BCUT2D eigenvalue weighted by Gasteiger charge is -2.40. The molecule has 1 amide bonds. The summed E-state index contributed by atoms with van der Waals surface area (Å²) in [4.78, 5) is 14.7. The Kier molecular flexibility index (Phi) is 5.64. The van der Waals surface area contributed by atoms with E-state index in [2.05, 4.69) is 0 Å². The molecule has 0 spiro atoms. The van der Waals surface area contributed by atoms with E-state index in [1.54, 1.807) is 12.1 Å². The quantitative estimate of drug-likeness (QED) is 0.797. The van der Waals surface area contributed by atoms with Gasteiger partial charge in [0.05, 0.1) is 18.9 Å². The van der Waals surface area contributed by atoms with Gasteiger partial charge < -0.3 is 9.64 Å². The summed E-state index contributed by atoms with van der Waals surface area (Å²) >= 11 is 0. The first-order valence-electron chi connectivity index (χ1n) is 8.89. The second-order valence-electron chi connectivity index (χ2n) is 7.17. The molecule has 2 saturated heterocycles. The van der Waals surface area contributed by atoms with Crippen LogP contribution in [0, 0.1) is 11.7 Å². The maximum Gasteiger partial charge on any atom is 0.225 e. The molecule has 0 aliphatic carbocycles. The van der Waals surface area contributed by atoms with E-state index >= 15 is 0 Å². The molecule has 2 atom stereocenters. The van der Waals surface area contributed by atoms with Crippen molar-refractivity contribution in [3.63, 3.8) is 0 Å². The highest BCUT2D eigenvalue weighted by atomic mass is 32.2. The van der Waals surface area contributed by atoms with Gasteiger partial charge in [0.25, 0.3) is 0 Å². The number of sulfonamides is 1. The normalized spacial score (nSPS) is 26.0. The number of carbonyl (C=O) groups excluding carboxylic acids is 1. The standard InChI is InChI=1S/C18H25FN2O4S/c1-13-11-20(12-17(25-13)14-3-5-16(19)6-4-14)18(22)15-7-9-21(10-8-15)26(2,23)24/h3-6,13,15,17H,7-12H2,1-2H3. The molecule has 2 aliphatic rings. The zero-order valence-corrected chi connectivity index (χ0v) is 15.9. The topological polar surface area (TPSA) is 66.9 Å². The Morgan fingerprint density at radius 1 is 1.15 bits per heavy atom. The van der Waals surface area contributed by atoms with Crippen LogP contribution >= 0.6 is 0 Å². The van der Waals surface area contributed by atoms with Crippen molar-refractivity contribution in [2.75, 3.05) is 32.4 Å². The largest absolute Gasteiger partial charge is 0.367 e. The van der Waals surface area contributed by atoms with E-state index < -0.39 is 10.0 Å². The molecule has 2 heterocycles. The fourth-order valence-corrected chi connectivity index (χ4v) is 4.56. The smallest absolute Gasteiger partial charge is 0.225 e. The van der Waals surface area contributed by atoms with Crippen molar-refractivity contribution in [3.8, 4) is 0 Å². The number of rotatable bonds is 3. The van der Waals surface area contributed by atoms with Crippen LogP contribution in [0.2, 0.25) is 0 Å². The lowest BCUT2D eigenvalue weighted by atomic mass is 9.95. The van der Waals surface area contributed by atoms with Gasteiger partial charge in [-0.3, -0.25) is 4.79 Å². The number of morpholine rings is 1. The molecule has 1 aromatic carbocycles. The van der Waals surface area contributed by atoms with Gasteiger partial charge in [-0.2, -0.15) is 0 Å². The van der Waals surface area contributed by atoms with E-state index in [-0.39, 0.29) is 29.9 Å². The number of carbonyl (C=O) groups is 1. The zero-order chi connectivity index (χ0) is 18.9. The SMILES string of the molecule is CC1CN(C(=O)C2CCN(S(C)(=O)=O)CC2)CC(c2ccc(F)cc2)O1. The van der Waals surface area contributed by atoms with Crippen molar-refractivity contribution in [1.29, 1.82) is 0 Å². The summed E-state index contributed by atoms with van der Waals surface area (Å²) in [5.41, 5.74) is 0.850. The van der Waals surface area contributed by atoms with Crippen LogP contribution in [0.4, 0.5) is 4.39 Å². The second kappa shape index (κ2) is 7.62. The number of nitrogens with zero attached hydrogens (tertiary/aromatic N) is 2. The van der Waals surface area contributed by atoms with Gasteiger partial charge in [0.2, 0.25) is 15.9 Å². The average Bonchev–Trinajstić information content (AvgIpc) is 2.60. The average molecular weight is 384 g/mol. The number of ether oxygens (including phenoxy) is 1. The highest BCUT2D eigenvalue weighted by molar-refractivity contribution is 7.88. The van der Waals surface area contributed by atoms with E-state index in [4.69, 9.17) is 4.74 Å². The molecule has 8 heteroatoms. The molecule has 0 radical (unpaired) electrons. The fourth-order valence-electron chi connectivity index (χ4n) is 3.69. The van der Waals surface area contributed by atoms with E-state index in [0.29, 0.717) is 39.0 Å². The summed E-state index contributed by atoms with van der Waals surface area (Å²) in [5.74, 6) is -0.407. The Hall–Kier alpha value is -1.51. The molecule has 3 rings (SSSR count). The minimum absolute atomic E-state index is 0.0559. The van der Waals surface area contributed by atoms with Crippen molar-refractivity contribution in [2.24, 2.45) is 5.92 Å². The van der Waals surface area contributed by atoms with Gasteiger partial charge in [-0.05, 0) is 37.5 Å². The first-order chi connectivity index (χ1) is 12.2. The molecule has 0 aromatic heterocycles. The Labute approximate surface area is 154 Å². The van der Waals surface area contributed by atoms with Gasteiger partial charge in [0.15, 0.2) is 0 Å². The van der Waals surface area contributed by atoms with Crippen LogP contribution in [-0.2, 0) is 19.6 Å². The summed E-state index contributed by atoms with van der Waals surface area (Å²) in [7, 11) is -3.20. The maximum absolute atomic E-state index is 13.1. The van der Waals surface area contributed by atoms with Crippen LogP contribution in [0.25, 0.3) is 0 Å². The summed E-state index contributed by atoms with van der Waals surface area (Å²) in [5, 5.41) is 0. The van der Waals surface area contributed by atoms with Crippen LogP contribution < -0.4 is 0 Å². The Morgan fingerprint density at radius 2 is 1.77 bits per heavy atom. The molecule has 0 N–H and O–H groups in total. The molecule has 2 aliphatic heterocycles. The first-order valence-corrected chi connectivity index (χ1v) is 10.7. The Bertz CT molecular complexity index is 745. The highest BCUT2D eigenvalue weighted by Gasteiger charge is 2.35. The molecular formula is C18H25FN2O4S. The summed E-state index contributed by atoms with van der Waals surface area (Å²) in [6.07, 6.45) is 1.89. The Balaban J connectivity index is 1.65. The first kappa shape index (κ1) is 19.3. The van der Waals surface area contributed by atoms with Gasteiger partial charge in [-0.1, -0.05) is 12.1 Å². The van der Waals surface area contributed by atoms with Gasteiger partial charge in [-0.15, -0.1) is 0 Å². The predicted octanol–water partition coefficient (Wildman–Crippen LogP) is 1.79. The van der Waals surface area contributed by atoms with Crippen LogP contribution in [0.1, 0.15) is 31.4 Å². The summed E-state index contributed by atoms with van der Waals surface area (Å²) in [6.45, 7) is 3.64. The third-order valence-corrected chi connectivity index (χ3v) is 6.39. The number of hydrogen-bond donors (Lipinski definition) is 0. The predicted molar refractivity (Wildman–Crippen MR) is 95.4 cm³/mol. The minimum atomic E-state index is -3.20. The molecular weight excluding hydrogens is 359 g/mol. The molecule has 2 unspecified atom stereocenters. The molecule has 0 bridgehead atoms.